The Morgan fingerprint density at radius 2 is 2.08 bits per heavy atom. The molecule has 4 N–H and O–H groups in total. The Balaban J connectivity index is 1.60. The van der Waals surface area contributed by atoms with E-state index < -0.39 is 46.6 Å². The number of hydrogen-bond acceptors (Lipinski definition) is 8. The molecule has 12 nitrogen and oxygen atoms in total. The summed E-state index contributed by atoms with van der Waals surface area (Å²) in [5.41, 5.74) is 2.23. The van der Waals surface area contributed by atoms with Crippen molar-refractivity contribution in [2.75, 3.05) is 19.6 Å². The maximum Gasteiger partial charge on any atom is 0.418 e. The molecule has 3 amide bonds. The molecule has 0 aromatic heterocycles. The Hall–Kier alpha value is -1.51. The fraction of sp³-hybridized carbons (Fsp3) is 0.818. The zero-order chi connectivity index (χ0) is 17.5. The Morgan fingerprint density at radius 1 is 1.33 bits per heavy atom. The predicted molar refractivity (Wildman–Crippen MR) is 75.3 cm³/mol. The van der Waals surface area contributed by atoms with Crippen molar-refractivity contribution in [3.8, 4) is 0 Å². The number of carbonyl (C=O) groups excluding carboxylic acids is 2. The molecule has 3 unspecified atom stereocenters. The van der Waals surface area contributed by atoms with Gasteiger partial charge in [0, 0.05) is 19.6 Å². The van der Waals surface area contributed by atoms with Gasteiger partial charge in [0.15, 0.2) is 0 Å². The van der Waals surface area contributed by atoms with Gasteiger partial charge in [-0.3, -0.25) is 14.2 Å². The van der Waals surface area contributed by atoms with Gasteiger partial charge in [-0.2, -0.15) is 13.5 Å². The van der Waals surface area contributed by atoms with E-state index in [2.05, 4.69) is 15.1 Å². The zero-order valence-electron chi connectivity index (χ0n) is 12.5. The SMILES string of the molecule is O=C(NOC1CNCC1O)[C@@H]1CCC2CN1C(=O)N2OS(=O)(=O)O. The van der Waals surface area contributed by atoms with Crippen LogP contribution in [0, 0.1) is 0 Å². The molecule has 4 atom stereocenters. The van der Waals surface area contributed by atoms with Crippen LogP contribution in [-0.2, 0) is 24.3 Å². The molecule has 3 saturated heterocycles. The molecule has 3 heterocycles. The number of fused-ring (bicyclic) bond motifs is 2. The number of urea groups is 1. The number of nitrogens with one attached hydrogen (secondary N) is 2. The molecule has 0 spiro atoms. The van der Waals surface area contributed by atoms with Crippen LogP contribution in [-0.4, -0.2) is 83.9 Å². The van der Waals surface area contributed by atoms with Crippen LogP contribution in [0.5, 0.6) is 0 Å². The van der Waals surface area contributed by atoms with Crippen LogP contribution in [0.1, 0.15) is 12.8 Å². The lowest BCUT2D eigenvalue weighted by Gasteiger charge is -2.29. The molecule has 0 aromatic rings. The van der Waals surface area contributed by atoms with Crippen molar-refractivity contribution in [3.05, 3.63) is 0 Å². The third-order valence-electron chi connectivity index (χ3n) is 4.24. The van der Waals surface area contributed by atoms with Crippen molar-refractivity contribution in [3.63, 3.8) is 0 Å². The van der Waals surface area contributed by atoms with Gasteiger partial charge in [0.05, 0.1) is 12.1 Å². The molecule has 3 fully saturated rings. The van der Waals surface area contributed by atoms with Crippen LogP contribution < -0.4 is 10.8 Å². The van der Waals surface area contributed by atoms with E-state index in [-0.39, 0.29) is 13.0 Å². The van der Waals surface area contributed by atoms with Crippen molar-refractivity contribution >= 4 is 22.3 Å². The Labute approximate surface area is 137 Å². The van der Waals surface area contributed by atoms with E-state index >= 15 is 0 Å². The molecule has 0 radical (unpaired) electrons. The minimum Gasteiger partial charge on any atom is -0.389 e. The lowest BCUT2D eigenvalue weighted by Crippen LogP contribution is -2.51. The maximum atomic E-state index is 12.2. The quantitative estimate of drug-likeness (QED) is 0.302. The average molecular weight is 366 g/mol. The van der Waals surface area contributed by atoms with E-state index in [1.807, 2.05) is 0 Å². The lowest BCUT2D eigenvalue weighted by atomic mass is 10.0. The highest BCUT2D eigenvalue weighted by Gasteiger charge is 2.49. The summed E-state index contributed by atoms with van der Waals surface area (Å²) in [4.78, 5) is 30.7. The number of nitrogens with zero attached hydrogens (tertiary/aromatic N) is 2. The smallest absolute Gasteiger partial charge is 0.389 e. The first kappa shape index (κ1) is 17.3. The van der Waals surface area contributed by atoms with Gasteiger partial charge in [0.1, 0.15) is 12.1 Å². The average Bonchev–Trinajstić information content (AvgIpc) is 3.01. The topological polar surface area (TPSA) is 158 Å². The molecule has 136 valence electrons. The van der Waals surface area contributed by atoms with Crippen LogP contribution in [0.4, 0.5) is 4.79 Å². The number of piperidine rings is 1. The van der Waals surface area contributed by atoms with Gasteiger partial charge < -0.3 is 15.3 Å². The molecule has 0 aromatic carbocycles. The van der Waals surface area contributed by atoms with Crippen LogP contribution in [0.25, 0.3) is 0 Å². The molecular formula is C11H18N4O8S. The summed E-state index contributed by atoms with van der Waals surface area (Å²) in [7, 11) is -4.83. The molecule has 2 bridgehead atoms. The highest BCUT2D eigenvalue weighted by Crippen LogP contribution is 2.30. The molecule has 0 aliphatic carbocycles. The molecule has 0 saturated carbocycles. The number of carbonyl (C=O) groups is 2. The molecule has 13 heteroatoms. The van der Waals surface area contributed by atoms with Gasteiger partial charge in [-0.25, -0.2) is 10.3 Å². The fourth-order valence-electron chi connectivity index (χ4n) is 3.07. The second-order valence-corrected chi connectivity index (χ2v) is 6.86. The van der Waals surface area contributed by atoms with Crippen molar-refractivity contribution < 1.29 is 36.8 Å². The minimum atomic E-state index is -4.83. The Bertz CT molecular complexity index is 628. The minimum absolute atomic E-state index is 0.0973. The largest absolute Gasteiger partial charge is 0.418 e. The molecule has 24 heavy (non-hydrogen) atoms. The number of hydrogen-bond donors (Lipinski definition) is 4. The van der Waals surface area contributed by atoms with E-state index in [1.165, 1.54) is 0 Å². The number of hydroxylamine groups is 3. The summed E-state index contributed by atoms with van der Waals surface area (Å²) >= 11 is 0. The number of rotatable bonds is 5. The van der Waals surface area contributed by atoms with Crippen molar-refractivity contribution in [2.24, 2.45) is 0 Å². The third-order valence-corrected chi connectivity index (χ3v) is 4.59. The first-order valence-electron chi connectivity index (χ1n) is 7.37. The van der Waals surface area contributed by atoms with Crippen molar-refractivity contribution in [1.82, 2.24) is 20.8 Å². The summed E-state index contributed by atoms with van der Waals surface area (Å²) in [6, 6.07) is -2.24. The van der Waals surface area contributed by atoms with E-state index in [1.54, 1.807) is 0 Å². The number of β-amino-alcohol motifs (C(OH)–C–C–N with tert-alkyl or cyclic N) is 1. The third kappa shape index (κ3) is 3.45. The van der Waals surface area contributed by atoms with Gasteiger partial charge in [-0.05, 0) is 12.8 Å². The molecule has 3 aliphatic heterocycles. The van der Waals surface area contributed by atoms with Gasteiger partial charge in [-0.1, -0.05) is 0 Å². The standard InChI is InChI=1S/C11H18N4O8S/c16-8-3-12-4-9(8)22-13-10(17)7-2-1-6-5-14(7)11(18)15(6)23-24(19,20)21/h6-9,12,16H,1-5H2,(H,13,17)(H,19,20,21)/t6?,7-,8?,9?/m0/s1. The Kier molecular flexibility index (Phi) is 4.63. The maximum absolute atomic E-state index is 12.2. The van der Waals surface area contributed by atoms with Gasteiger partial charge in [0.2, 0.25) is 0 Å². The first-order valence-corrected chi connectivity index (χ1v) is 8.74. The second-order valence-electron chi connectivity index (χ2n) is 5.86. The highest BCUT2D eigenvalue weighted by atomic mass is 32.3. The van der Waals surface area contributed by atoms with E-state index in [4.69, 9.17) is 9.39 Å². The van der Waals surface area contributed by atoms with Crippen LogP contribution in [0.3, 0.4) is 0 Å². The summed E-state index contributed by atoms with van der Waals surface area (Å²) in [5.74, 6) is -0.574. The summed E-state index contributed by atoms with van der Waals surface area (Å²) in [6.45, 7) is 0.838. The van der Waals surface area contributed by atoms with E-state index in [0.717, 1.165) is 4.90 Å². The van der Waals surface area contributed by atoms with Crippen molar-refractivity contribution in [1.29, 1.82) is 0 Å². The van der Waals surface area contributed by atoms with E-state index in [9.17, 15) is 23.1 Å². The Morgan fingerprint density at radius 3 is 2.71 bits per heavy atom. The lowest BCUT2D eigenvalue weighted by molar-refractivity contribution is -0.146. The summed E-state index contributed by atoms with van der Waals surface area (Å²) < 4.78 is 34.6. The highest BCUT2D eigenvalue weighted by molar-refractivity contribution is 7.80. The summed E-state index contributed by atoms with van der Waals surface area (Å²) in [5, 5.41) is 13.1. The number of aliphatic hydroxyl groups excluding tert-OH is 1. The molecular weight excluding hydrogens is 348 g/mol. The monoisotopic (exact) mass is 366 g/mol. The zero-order valence-corrected chi connectivity index (χ0v) is 13.3. The fourth-order valence-corrected chi connectivity index (χ4v) is 3.46. The van der Waals surface area contributed by atoms with Crippen LogP contribution in [0.2, 0.25) is 0 Å². The van der Waals surface area contributed by atoms with Gasteiger partial charge in [-0.15, -0.1) is 4.28 Å². The first-order chi connectivity index (χ1) is 11.3. The number of amides is 3. The molecule has 3 aliphatic rings. The second kappa shape index (κ2) is 6.42. The van der Waals surface area contributed by atoms with Gasteiger partial charge >= 0.3 is 16.4 Å². The van der Waals surface area contributed by atoms with Crippen LogP contribution >= 0.6 is 0 Å². The molecule has 3 rings (SSSR count). The van der Waals surface area contributed by atoms with E-state index in [0.29, 0.717) is 24.6 Å². The van der Waals surface area contributed by atoms with Crippen LogP contribution in [0.15, 0.2) is 0 Å². The van der Waals surface area contributed by atoms with Crippen molar-refractivity contribution in [2.45, 2.75) is 37.1 Å². The normalized spacial score (nSPS) is 33.2. The number of aliphatic hydroxyl groups is 1. The summed E-state index contributed by atoms with van der Waals surface area (Å²) in [6.07, 6.45) is -0.724. The van der Waals surface area contributed by atoms with Gasteiger partial charge in [0.25, 0.3) is 5.91 Å². The predicted octanol–water partition coefficient (Wildman–Crippen LogP) is -2.63.